The van der Waals surface area contributed by atoms with Crippen molar-refractivity contribution >= 4 is 10.2 Å². The fraction of sp³-hybridized carbons (Fsp3) is 1.00. The molecular formula is C13H28N2O4S. The molecule has 1 aliphatic rings. The monoisotopic (exact) mass is 308 g/mol. The predicted molar refractivity (Wildman–Crippen MR) is 78.8 cm³/mol. The number of morpholine rings is 1. The van der Waals surface area contributed by atoms with Crippen LogP contribution in [0.3, 0.4) is 0 Å². The summed E-state index contributed by atoms with van der Waals surface area (Å²) in [5.74, 6) is 0.503. The molecule has 120 valence electrons. The Bertz CT molecular complexity index is 363. The quantitative estimate of drug-likeness (QED) is 0.679. The van der Waals surface area contributed by atoms with Gasteiger partial charge < -0.3 is 9.47 Å². The van der Waals surface area contributed by atoms with Crippen LogP contribution in [0.2, 0.25) is 0 Å². The van der Waals surface area contributed by atoms with E-state index in [1.807, 2.05) is 13.8 Å². The van der Waals surface area contributed by atoms with Gasteiger partial charge in [0.1, 0.15) is 0 Å². The molecule has 0 aliphatic carbocycles. The van der Waals surface area contributed by atoms with E-state index in [1.54, 1.807) is 0 Å². The van der Waals surface area contributed by atoms with Gasteiger partial charge in [-0.3, -0.25) is 0 Å². The molecule has 6 nitrogen and oxygen atoms in total. The summed E-state index contributed by atoms with van der Waals surface area (Å²) in [4.78, 5) is 0. The van der Waals surface area contributed by atoms with Crippen molar-refractivity contribution in [3.63, 3.8) is 0 Å². The van der Waals surface area contributed by atoms with Gasteiger partial charge in [-0.05, 0) is 26.2 Å². The van der Waals surface area contributed by atoms with E-state index in [2.05, 4.69) is 18.6 Å². The largest absolute Gasteiger partial charge is 0.381 e. The van der Waals surface area contributed by atoms with E-state index in [9.17, 15) is 8.42 Å². The number of nitrogens with zero attached hydrogens (tertiary/aromatic N) is 1. The van der Waals surface area contributed by atoms with Crippen LogP contribution in [0.5, 0.6) is 0 Å². The third-order valence-corrected chi connectivity index (χ3v) is 4.47. The second-order valence-corrected chi connectivity index (χ2v) is 7.55. The molecule has 0 aromatic carbocycles. The molecule has 0 aromatic heterocycles. The van der Waals surface area contributed by atoms with Crippen molar-refractivity contribution in [2.24, 2.45) is 5.92 Å². The molecule has 0 unspecified atom stereocenters. The summed E-state index contributed by atoms with van der Waals surface area (Å²) in [7, 11) is -3.40. The van der Waals surface area contributed by atoms with Crippen LogP contribution in [0.1, 0.15) is 34.1 Å². The molecular weight excluding hydrogens is 280 g/mol. The average molecular weight is 308 g/mol. The Kier molecular flexibility index (Phi) is 7.39. The maximum absolute atomic E-state index is 12.1. The van der Waals surface area contributed by atoms with E-state index < -0.39 is 10.2 Å². The number of nitrogens with one attached hydrogen (secondary N) is 1. The number of rotatable bonds is 8. The summed E-state index contributed by atoms with van der Waals surface area (Å²) in [6.07, 6.45) is 0.552. The van der Waals surface area contributed by atoms with E-state index in [-0.39, 0.29) is 12.2 Å². The molecule has 1 fully saturated rings. The Labute approximate surface area is 123 Å². The van der Waals surface area contributed by atoms with Crippen LogP contribution >= 0.6 is 0 Å². The van der Waals surface area contributed by atoms with Crippen LogP contribution in [0, 0.1) is 5.92 Å². The molecule has 0 saturated carbocycles. The van der Waals surface area contributed by atoms with Crippen molar-refractivity contribution in [1.82, 2.24) is 9.03 Å². The van der Waals surface area contributed by atoms with Gasteiger partial charge in [-0.15, -0.1) is 0 Å². The van der Waals surface area contributed by atoms with Crippen molar-refractivity contribution in [3.8, 4) is 0 Å². The molecule has 0 amide bonds. The zero-order chi connectivity index (χ0) is 15.2. The van der Waals surface area contributed by atoms with Gasteiger partial charge in [0, 0.05) is 32.8 Å². The minimum absolute atomic E-state index is 0.0651. The van der Waals surface area contributed by atoms with Crippen LogP contribution in [0.4, 0.5) is 0 Å². The smallest absolute Gasteiger partial charge is 0.279 e. The molecule has 1 N–H and O–H groups in total. The van der Waals surface area contributed by atoms with Gasteiger partial charge >= 0.3 is 0 Å². The first-order valence-corrected chi connectivity index (χ1v) is 8.73. The SMILES string of the molecule is CC(C)COCCCNS(=O)(=O)N1C[C@@H](C)O[C@H](C)C1. The van der Waals surface area contributed by atoms with E-state index >= 15 is 0 Å². The van der Waals surface area contributed by atoms with Crippen molar-refractivity contribution < 1.29 is 17.9 Å². The van der Waals surface area contributed by atoms with Crippen LogP contribution in [-0.2, 0) is 19.7 Å². The van der Waals surface area contributed by atoms with Crippen LogP contribution in [0.25, 0.3) is 0 Å². The highest BCUT2D eigenvalue weighted by atomic mass is 32.2. The molecule has 20 heavy (non-hydrogen) atoms. The molecule has 1 saturated heterocycles. The standard InChI is InChI=1S/C13H28N2O4S/c1-11(2)10-18-7-5-6-14-20(16,17)15-8-12(3)19-13(4)9-15/h11-14H,5-10H2,1-4H3/t12-,13-/m1/s1. The zero-order valence-electron chi connectivity index (χ0n) is 13.0. The third-order valence-electron chi connectivity index (χ3n) is 2.93. The average Bonchev–Trinajstić information content (AvgIpc) is 2.32. The molecule has 7 heteroatoms. The fourth-order valence-electron chi connectivity index (χ4n) is 2.11. The molecule has 2 atom stereocenters. The first kappa shape index (κ1) is 17.8. The summed E-state index contributed by atoms with van der Waals surface area (Å²) in [5.41, 5.74) is 0. The highest BCUT2D eigenvalue weighted by molar-refractivity contribution is 7.87. The maximum Gasteiger partial charge on any atom is 0.279 e. The van der Waals surface area contributed by atoms with Gasteiger partial charge in [0.15, 0.2) is 0 Å². The van der Waals surface area contributed by atoms with E-state index in [0.29, 0.717) is 45.2 Å². The zero-order valence-corrected chi connectivity index (χ0v) is 13.8. The second kappa shape index (κ2) is 8.29. The van der Waals surface area contributed by atoms with Gasteiger partial charge in [-0.1, -0.05) is 13.8 Å². The van der Waals surface area contributed by atoms with E-state index in [4.69, 9.17) is 9.47 Å². The Morgan fingerprint density at radius 1 is 1.30 bits per heavy atom. The first-order chi connectivity index (χ1) is 9.31. The van der Waals surface area contributed by atoms with Crippen molar-refractivity contribution in [2.75, 3.05) is 32.8 Å². The lowest BCUT2D eigenvalue weighted by Crippen LogP contribution is -2.52. The fourth-order valence-corrected chi connectivity index (χ4v) is 3.51. The summed E-state index contributed by atoms with van der Waals surface area (Å²) in [5, 5.41) is 0. The molecule has 0 spiro atoms. The highest BCUT2D eigenvalue weighted by Gasteiger charge is 2.30. The normalized spacial score (nSPS) is 25.2. The maximum atomic E-state index is 12.1. The van der Waals surface area contributed by atoms with Crippen molar-refractivity contribution in [1.29, 1.82) is 0 Å². The Balaban J connectivity index is 2.27. The van der Waals surface area contributed by atoms with Crippen LogP contribution in [-0.4, -0.2) is 57.8 Å². The molecule has 1 rings (SSSR count). The summed E-state index contributed by atoms with van der Waals surface area (Å²) in [6.45, 7) is 10.5. The lowest BCUT2D eigenvalue weighted by Gasteiger charge is -2.34. The van der Waals surface area contributed by atoms with Crippen LogP contribution in [0.15, 0.2) is 0 Å². The Morgan fingerprint density at radius 2 is 1.90 bits per heavy atom. The van der Waals surface area contributed by atoms with Gasteiger partial charge in [0.05, 0.1) is 12.2 Å². The Morgan fingerprint density at radius 3 is 2.45 bits per heavy atom. The van der Waals surface area contributed by atoms with Crippen molar-refractivity contribution in [3.05, 3.63) is 0 Å². The van der Waals surface area contributed by atoms with Gasteiger partial charge in [-0.25, -0.2) is 4.72 Å². The highest BCUT2D eigenvalue weighted by Crippen LogP contribution is 2.13. The minimum atomic E-state index is -3.40. The minimum Gasteiger partial charge on any atom is -0.381 e. The Hall–Kier alpha value is -0.210. The van der Waals surface area contributed by atoms with Crippen LogP contribution < -0.4 is 4.72 Å². The lowest BCUT2D eigenvalue weighted by atomic mass is 10.2. The molecule has 0 bridgehead atoms. The number of hydrogen-bond acceptors (Lipinski definition) is 4. The molecule has 0 aromatic rings. The number of ether oxygens (including phenoxy) is 2. The topological polar surface area (TPSA) is 67.9 Å². The lowest BCUT2D eigenvalue weighted by molar-refractivity contribution is -0.0444. The predicted octanol–water partition coefficient (Wildman–Crippen LogP) is 0.993. The van der Waals surface area contributed by atoms with Crippen molar-refractivity contribution in [2.45, 2.75) is 46.3 Å². The third kappa shape index (κ3) is 6.49. The summed E-state index contributed by atoms with van der Waals surface area (Å²) in [6, 6.07) is 0. The van der Waals surface area contributed by atoms with E-state index in [1.165, 1.54) is 4.31 Å². The second-order valence-electron chi connectivity index (χ2n) is 5.80. The van der Waals surface area contributed by atoms with Gasteiger partial charge in [0.25, 0.3) is 10.2 Å². The summed E-state index contributed by atoms with van der Waals surface area (Å²) < 4.78 is 39.3. The van der Waals surface area contributed by atoms with E-state index in [0.717, 1.165) is 0 Å². The van der Waals surface area contributed by atoms with Gasteiger partial charge in [0.2, 0.25) is 0 Å². The van der Waals surface area contributed by atoms with Gasteiger partial charge in [-0.2, -0.15) is 12.7 Å². The first-order valence-electron chi connectivity index (χ1n) is 7.29. The summed E-state index contributed by atoms with van der Waals surface area (Å²) >= 11 is 0. The molecule has 1 heterocycles. The number of hydrogen-bond donors (Lipinski definition) is 1. The molecule has 1 aliphatic heterocycles. The molecule has 0 radical (unpaired) electrons.